The van der Waals surface area contributed by atoms with Gasteiger partial charge in [0, 0.05) is 17.7 Å². The standard InChI is InChI=1S/C12H17NOS/c1-4-15-11-5-8-9(13-11)6-12(2,3)7-10(8)14/h5,13H,4,6-7H2,1-3H3. The van der Waals surface area contributed by atoms with Gasteiger partial charge in [-0.3, -0.25) is 4.79 Å². The van der Waals surface area contributed by atoms with E-state index in [-0.39, 0.29) is 5.41 Å². The molecule has 1 aromatic rings. The van der Waals surface area contributed by atoms with E-state index in [1.54, 1.807) is 11.8 Å². The third kappa shape index (κ3) is 2.12. The van der Waals surface area contributed by atoms with E-state index in [2.05, 4.69) is 25.8 Å². The molecule has 0 aromatic carbocycles. The fourth-order valence-corrected chi connectivity index (χ4v) is 2.87. The van der Waals surface area contributed by atoms with Crippen molar-refractivity contribution in [3.8, 4) is 0 Å². The Balaban J connectivity index is 2.34. The predicted octanol–water partition coefficient (Wildman–Crippen LogP) is 3.28. The lowest BCUT2D eigenvalue weighted by molar-refractivity contribution is 0.0912. The quantitative estimate of drug-likeness (QED) is 0.780. The molecule has 1 aromatic heterocycles. The topological polar surface area (TPSA) is 32.9 Å². The number of hydrogen-bond donors (Lipinski definition) is 1. The van der Waals surface area contributed by atoms with Crippen molar-refractivity contribution in [1.29, 1.82) is 0 Å². The Morgan fingerprint density at radius 1 is 1.47 bits per heavy atom. The van der Waals surface area contributed by atoms with Crippen molar-refractivity contribution in [2.45, 2.75) is 38.6 Å². The number of aromatic nitrogens is 1. The summed E-state index contributed by atoms with van der Waals surface area (Å²) in [6.07, 6.45) is 1.66. The third-order valence-electron chi connectivity index (χ3n) is 2.77. The maximum Gasteiger partial charge on any atom is 0.165 e. The summed E-state index contributed by atoms with van der Waals surface area (Å²) in [4.78, 5) is 15.3. The Labute approximate surface area is 94.8 Å². The second-order valence-electron chi connectivity index (χ2n) is 4.90. The largest absolute Gasteiger partial charge is 0.353 e. The molecule has 0 bridgehead atoms. The van der Waals surface area contributed by atoms with Crippen LogP contribution in [-0.2, 0) is 6.42 Å². The van der Waals surface area contributed by atoms with E-state index in [4.69, 9.17) is 0 Å². The van der Waals surface area contributed by atoms with E-state index in [1.807, 2.05) is 6.07 Å². The number of Topliss-reactive ketones (excluding diaryl/α,β-unsaturated/α-hetero) is 1. The molecule has 2 nitrogen and oxygen atoms in total. The molecule has 0 atom stereocenters. The van der Waals surface area contributed by atoms with Crippen LogP contribution in [0.2, 0.25) is 0 Å². The number of fused-ring (bicyclic) bond motifs is 1. The van der Waals surface area contributed by atoms with E-state index in [1.165, 1.54) is 0 Å². The van der Waals surface area contributed by atoms with Gasteiger partial charge in [0.2, 0.25) is 0 Å². The molecule has 82 valence electrons. The van der Waals surface area contributed by atoms with Gasteiger partial charge in [-0.1, -0.05) is 20.8 Å². The van der Waals surface area contributed by atoms with Crippen LogP contribution in [0.1, 0.15) is 43.2 Å². The zero-order chi connectivity index (χ0) is 11.1. The summed E-state index contributed by atoms with van der Waals surface area (Å²) in [5.74, 6) is 1.33. The van der Waals surface area contributed by atoms with Crippen LogP contribution in [0, 0.1) is 5.41 Å². The Kier molecular flexibility index (Phi) is 2.67. The number of thioether (sulfide) groups is 1. The molecule has 1 N–H and O–H groups in total. The number of carbonyl (C=O) groups is 1. The van der Waals surface area contributed by atoms with Crippen molar-refractivity contribution >= 4 is 17.5 Å². The summed E-state index contributed by atoms with van der Waals surface area (Å²) in [5.41, 5.74) is 2.17. The van der Waals surface area contributed by atoms with Gasteiger partial charge in [-0.05, 0) is 23.7 Å². The van der Waals surface area contributed by atoms with Crippen LogP contribution in [-0.4, -0.2) is 16.5 Å². The lowest BCUT2D eigenvalue weighted by atomic mass is 9.76. The van der Waals surface area contributed by atoms with Gasteiger partial charge < -0.3 is 4.98 Å². The smallest absolute Gasteiger partial charge is 0.165 e. The summed E-state index contributed by atoms with van der Waals surface area (Å²) in [6.45, 7) is 6.43. The molecule has 0 amide bonds. The van der Waals surface area contributed by atoms with Crippen molar-refractivity contribution in [2.75, 3.05) is 5.75 Å². The lowest BCUT2D eigenvalue weighted by Gasteiger charge is -2.27. The van der Waals surface area contributed by atoms with Crippen LogP contribution >= 0.6 is 11.8 Å². The molecule has 0 saturated heterocycles. The van der Waals surface area contributed by atoms with Crippen LogP contribution in [0.3, 0.4) is 0 Å². The maximum atomic E-state index is 11.9. The van der Waals surface area contributed by atoms with Gasteiger partial charge in [-0.2, -0.15) is 0 Å². The monoisotopic (exact) mass is 223 g/mol. The Bertz CT molecular complexity index is 392. The van der Waals surface area contributed by atoms with Crippen molar-refractivity contribution in [3.05, 3.63) is 17.3 Å². The lowest BCUT2D eigenvalue weighted by Crippen LogP contribution is -2.26. The van der Waals surface area contributed by atoms with Crippen LogP contribution in [0.15, 0.2) is 11.1 Å². The zero-order valence-corrected chi connectivity index (χ0v) is 10.3. The molecule has 15 heavy (non-hydrogen) atoms. The van der Waals surface area contributed by atoms with Crippen molar-refractivity contribution in [1.82, 2.24) is 4.98 Å². The number of aromatic amines is 1. The summed E-state index contributed by atoms with van der Waals surface area (Å²) in [6, 6.07) is 2.01. The molecular formula is C12H17NOS. The molecule has 0 saturated carbocycles. The van der Waals surface area contributed by atoms with E-state index in [0.29, 0.717) is 12.2 Å². The molecule has 1 heterocycles. The molecule has 0 radical (unpaired) electrons. The average Bonchev–Trinajstić information content (AvgIpc) is 2.46. The van der Waals surface area contributed by atoms with E-state index in [0.717, 1.165) is 28.5 Å². The highest BCUT2D eigenvalue weighted by molar-refractivity contribution is 7.99. The van der Waals surface area contributed by atoms with Crippen LogP contribution in [0.25, 0.3) is 0 Å². The van der Waals surface area contributed by atoms with Gasteiger partial charge in [0.15, 0.2) is 5.78 Å². The fraction of sp³-hybridized carbons (Fsp3) is 0.583. The summed E-state index contributed by atoms with van der Waals surface area (Å²) < 4.78 is 0. The minimum atomic E-state index is 0.114. The van der Waals surface area contributed by atoms with Crippen LogP contribution < -0.4 is 0 Å². The van der Waals surface area contributed by atoms with Gasteiger partial charge in [0.05, 0.1) is 5.03 Å². The minimum Gasteiger partial charge on any atom is -0.353 e. The summed E-state index contributed by atoms with van der Waals surface area (Å²) in [5, 5.41) is 1.13. The molecule has 2 rings (SSSR count). The second-order valence-corrected chi connectivity index (χ2v) is 6.21. The van der Waals surface area contributed by atoms with Gasteiger partial charge in [0.25, 0.3) is 0 Å². The Morgan fingerprint density at radius 3 is 2.87 bits per heavy atom. The van der Waals surface area contributed by atoms with Gasteiger partial charge >= 0.3 is 0 Å². The van der Waals surface area contributed by atoms with Crippen molar-refractivity contribution < 1.29 is 4.79 Å². The minimum absolute atomic E-state index is 0.114. The molecule has 0 unspecified atom stereocenters. The van der Waals surface area contributed by atoms with E-state index < -0.39 is 0 Å². The predicted molar refractivity (Wildman–Crippen MR) is 63.6 cm³/mol. The Hall–Kier alpha value is -0.700. The fourth-order valence-electron chi connectivity index (χ4n) is 2.16. The zero-order valence-electron chi connectivity index (χ0n) is 9.52. The third-order valence-corrected chi connectivity index (χ3v) is 3.59. The molecule has 0 aliphatic heterocycles. The van der Waals surface area contributed by atoms with Crippen molar-refractivity contribution in [3.63, 3.8) is 0 Å². The Morgan fingerprint density at radius 2 is 2.20 bits per heavy atom. The van der Waals surface area contributed by atoms with Gasteiger partial charge in [0.1, 0.15) is 0 Å². The first kappa shape index (κ1) is 10.8. The van der Waals surface area contributed by atoms with E-state index >= 15 is 0 Å². The SMILES string of the molecule is CCSc1cc2c([nH]1)CC(C)(C)CC2=O. The van der Waals surface area contributed by atoms with Gasteiger partial charge in [-0.25, -0.2) is 0 Å². The average molecular weight is 223 g/mol. The van der Waals surface area contributed by atoms with Crippen LogP contribution in [0.4, 0.5) is 0 Å². The molecular weight excluding hydrogens is 206 g/mol. The molecule has 0 fully saturated rings. The number of ketones is 1. The number of carbonyl (C=O) groups excluding carboxylic acids is 1. The highest BCUT2D eigenvalue weighted by Crippen LogP contribution is 2.36. The number of hydrogen-bond acceptors (Lipinski definition) is 2. The molecule has 0 spiro atoms. The first-order chi connectivity index (χ1) is 7.02. The van der Waals surface area contributed by atoms with E-state index in [9.17, 15) is 4.79 Å². The first-order valence-corrected chi connectivity index (χ1v) is 6.38. The first-order valence-electron chi connectivity index (χ1n) is 5.40. The highest BCUT2D eigenvalue weighted by atomic mass is 32.2. The number of rotatable bonds is 2. The highest BCUT2D eigenvalue weighted by Gasteiger charge is 2.32. The molecule has 1 aliphatic rings. The van der Waals surface area contributed by atoms with Gasteiger partial charge in [-0.15, -0.1) is 11.8 Å². The normalized spacial score (nSPS) is 19.0. The molecule has 3 heteroatoms. The maximum absolute atomic E-state index is 11.9. The second kappa shape index (κ2) is 3.71. The van der Waals surface area contributed by atoms with Crippen molar-refractivity contribution in [2.24, 2.45) is 5.41 Å². The number of H-pyrrole nitrogens is 1. The summed E-state index contributed by atoms with van der Waals surface area (Å²) in [7, 11) is 0. The number of nitrogens with one attached hydrogen (secondary N) is 1. The summed E-state index contributed by atoms with van der Waals surface area (Å²) >= 11 is 1.76. The van der Waals surface area contributed by atoms with Crippen LogP contribution in [0.5, 0.6) is 0 Å². The molecule has 1 aliphatic carbocycles.